The Bertz CT molecular complexity index is 741. The lowest BCUT2D eigenvalue weighted by Crippen LogP contribution is -2.36. The van der Waals surface area contributed by atoms with Crippen LogP contribution in [0.15, 0.2) is 33.8 Å². The van der Waals surface area contributed by atoms with Crippen LogP contribution in [0.2, 0.25) is 0 Å². The first-order valence-electron chi connectivity index (χ1n) is 8.10. The third kappa shape index (κ3) is 5.68. The number of nitrogens with one attached hydrogen (secondary N) is 2. The predicted octanol–water partition coefficient (Wildman–Crippen LogP) is 2.83. The molecule has 0 saturated carbocycles. The Kier molecular flexibility index (Phi) is 6.48. The van der Waals surface area contributed by atoms with Gasteiger partial charge in [0.25, 0.3) is 0 Å². The van der Waals surface area contributed by atoms with Gasteiger partial charge in [0.15, 0.2) is 11.8 Å². The maximum Gasteiger partial charge on any atom is 0.387 e. The molecule has 0 spiro atoms. The van der Waals surface area contributed by atoms with Gasteiger partial charge in [-0.15, -0.1) is 0 Å². The van der Waals surface area contributed by atoms with E-state index in [1.54, 1.807) is 25.2 Å². The van der Waals surface area contributed by atoms with E-state index in [9.17, 15) is 8.78 Å². The van der Waals surface area contributed by atoms with Crippen molar-refractivity contribution in [3.63, 3.8) is 0 Å². The average Bonchev–Trinajstić information content (AvgIpc) is 3.05. The second-order valence-electron chi connectivity index (χ2n) is 6.53. The van der Waals surface area contributed by atoms with E-state index >= 15 is 0 Å². The van der Waals surface area contributed by atoms with Gasteiger partial charge < -0.3 is 19.9 Å². The molecular formula is C17H23F2N5O2. The van der Waals surface area contributed by atoms with Gasteiger partial charge >= 0.3 is 6.61 Å². The van der Waals surface area contributed by atoms with E-state index < -0.39 is 6.61 Å². The molecule has 2 aromatic rings. The number of para-hydroxylation sites is 1. The molecule has 9 heteroatoms. The Morgan fingerprint density at radius 3 is 2.54 bits per heavy atom. The lowest BCUT2D eigenvalue weighted by molar-refractivity contribution is -0.0504. The second-order valence-corrected chi connectivity index (χ2v) is 6.53. The largest absolute Gasteiger partial charge is 0.434 e. The maximum absolute atomic E-state index is 12.5. The van der Waals surface area contributed by atoms with Crippen LogP contribution >= 0.6 is 0 Å². The van der Waals surface area contributed by atoms with Crippen LogP contribution in [-0.2, 0) is 18.5 Å². The van der Waals surface area contributed by atoms with E-state index in [0.717, 1.165) is 0 Å². The summed E-state index contributed by atoms with van der Waals surface area (Å²) in [6, 6.07) is 6.58. The van der Waals surface area contributed by atoms with E-state index in [0.29, 0.717) is 29.8 Å². The van der Waals surface area contributed by atoms with Crippen molar-refractivity contribution in [3.8, 4) is 5.75 Å². The fourth-order valence-electron chi connectivity index (χ4n) is 2.05. The molecule has 0 atom stereocenters. The molecule has 1 heterocycles. The van der Waals surface area contributed by atoms with Gasteiger partial charge in [-0.2, -0.15) is 13.8 Å². The zero-order valence-corrected chi connectivity index (χ0v) is 15.2. The Morgan fingerprint density at radius 1 is 1.23 bits per heavy atom. The molecule has 142 valence electrons. The minimum absolute atomic E-state index is 0.124. The molecule has 2 N–H and O–H groups in total. The third-order valence-electron chi connectivity index (χ3n) is 3.38. The van der Waals surface area contributed by atoms with Crippen LogP contribution in [0.4, 0.5) is 8.78 Å². The minimum Gasteiger partial charge on any atom is -0.434 e. The number of rotatable bonds is 6. The molecule has 0 aliphatic heterocycles. The molecule has 0 saturated heterocycles. The number of aliphatic imine (C=N–C) groups is 1. The Labute approximate surface area is 150 Å². The van der Waals surface area contributed by atoms with E-state index in [1.807, 2.05) is 20.8 Å². The number of alkyl halides is 2. The molecule has 1 aromatic carbocycles. The molecule has 0 radical (unpaired) electrons. The van der Waals surface area contributed by atoms with Crippen molar-refractivity contribution in [2.45, 2.75) is 45.9 Å². The predicted molar refractivity (Wildman–Crippen MR) is 93.1 cm³/mol. The standard InChI is InChI=1S/C17H23F2N5O2/c1-17(2,3)14-23-13(24-26-14)10-22-16(20-4)21-9-11-7-5-6-8-12(11)25-15(18)19/h5-8,15H,9-10H2,1-4H3,(H2,20,21,22). The van der Waals surface area contributed by atoms with Crippen molar-refractivity contribution >= 4 is 5.96 Å². The summed E-state index contributed by atoms with van der Waals surface area (Å²) in [6.45, 7) is 3.66. The van der Waals surface area contributed by atoms with Crippen LogP contribution in [0.5, 0.6) is 5.75 Å². The number of aromatic nitrogens is 2. The zero-order valence-electron chi connectivity index (χ0n) is 15.2. The van der Waals surface area contributed by atoms with Crippen molar-refractivity contribution in [3.05, 3.63) is 41.5 Å². The van der Waals surface area contributed by atoms with Gasteiger partial charge in [0.1, 0.15) is 5.75 Å². The number of ether oxygens (including phenoxy) is 1. The summed E-state index contributed by atoms with van der Waals surface area (Å²) < 4.78 is 34.7. The molecule has 7 nitrogen and oxygen atoms in total. The van der Waals surface area contributed by atoms with Crippen LogP contribution < -0.4 is 15.4 Å². The number of guanidine groups is 1. The van der Waals surface area contributed by atoms with Crippen LogP contribution in [0.25, 0.3) is 0 Å². The molecule has 0 unspecified atom stereocenters. The molecular weight excluding hydrogens is 344 g/mol. The van der Waals surface area contributed by atoms with Crippen molar-refractivity contribution in [2.24, 2.45) is 4.99 Å². The highest BCUT2D eigenvalue weighted by atomic mass is 19.3. The summed E-state index contributed by atoms with van der Waals surface area (Å²) in [4.78, 5) is 8.41. The second kappa shape index (κ2) is 8.59. The monoisotopic (exact) mass is 367 g/mol. The van der Waals surface area contributed by atoms with Gasteiger partial charge in [0, 0.05) is 24.6 Å². The summed E-state index contributed by atoms with van der Waals surface area (Å²) in [5.74, 6) is 1.65. The lowest BCUT2D eigenvalue weighted by atomic mass is 9.97. The molecule has 2 rings (SSSR count). The van der Waals surface area contributed by atoms with Gasteiger partial charge in [-0.25, -0.2) is 0 Å². The van der Waals surface area contributed by atoms with E-state index in [1.165, 1.54) is 6.07 Å². The number of benzene rings is 1. The highest BCUT2D eigenvalue weighted by Gasteiger charge is 2.21. The van der Waals surface area contributed by atoms with Crippen LogP contribution in [0.3, 0.4) is 0 Å². The van der Waals surface area contributed by atoms with Crippen molar-refractivity contribution in [1.82, 2.24) is 20.8 Å². The molecule has 26 heavy (non-hydrogen) atoms. The highest BCUT2D eigenvalue weighted by molar-refractivity contribution is 5.79. The number of hydrogen-bond acceptors (Lipinski definition) is 5. The number of nitrogens with zero attached hydrogens (tertiary/aromatic N) is 3. The maximum atomic E-state index is 12.5. The highest BCUT2D eigenvalue weighted by Crippen LogP contribution is 2.20. The van der Waals surface area contributed by atoms with Crippen molar-refractivity contribution < 1.29 is 18.0 Å². The molecule has 0 amide bonds. The fourth-order valence-corrected chi connectivity index (χ4v) is 2.05. The Hall–Kier alpha value is -2.71. The van der Waals surface area contributed by atoms with Gasteiger partial charge in [-0.1, -0.05) is 44.1 Å². The summed E-state index contributed by atoms with van der Waals surface area (Å²) in [5, 5.41) is 10.00. The van der Waals surface area contributed by atoms with Gasteiger partial charge in [0.2, 0.25) is 5.89 Å². The normalized spacial score (nSPS) is 12.3. The lowest BCUT2D eigenvalue weighted by Gasteiger charge is -2.13. The Balaban J connectivity index is 1.92. The first-order chi connectivity index (χ1) is 12.3. The SMILES string of the molecule is CN=C(NCc1noc(C(C)(C)C)n1)NCc1ccccc1OC(F)F. The number of halogens is 2. The molecule has 0 aliphatic rings. The molecule has 0 fully saturated rings. The van der Waals surface area contributed by atoms with Gasteiger partial charge in [0.05, 0.1) is 6.54 Å². The van der Waals surface area contributed by atoms with Crippen LogP contribution in [0, 0.1) is 0 Å². The van der Waals surface area contributed by atoms with Crippen LogP contribution in [-0.4, -0.2) is 29.8 Å². The van der Waals surface area contributed by atoms with Crippen LogP contribution in [0.1, 0.15) is 38.0 Å². The first kappa shape index (κ1) is 19.6. The summed E-state index contributed by atoms with van der Waals surface area (Å²) in [7, 11) is 1.60. The molecule has 0 bridgehead atoms. The van der Waals surface area contributed by atoms with E-state index in [2.05, 4.69) is 30.5 Å². The van der Waals surface area contributed by atoms with Crippen molar-refractivity contribution in [1.29, 1.82) is 0 Å². The smallest absolute Gasteiger partial charge is 0.387 e. The summed E-state index contributed by atoms with van der Waals surface area (Å²) in [5.41, 5.74) is 0.366. The van der Waals surface area contributed by atoms with Gasteiger partial charge in [-0.3, -0.25) is 4.99 Å². The van der Waals surface area contributed by atoms with Gasteiger partial charge in [-0.05, 0) is 6.07 Å². The average molecular weight is 367 g/mol. The zero-order chi connectivity index (χ0) is 19.2. The van der Waals surface area contributed by atoms with E-state index in [-0.39, 0.29) is 17.7 Å². The third-order valence-corrected chi connectivity index (χ3v) is 3.38. The number of hydrogen-bond donors (Lipinski definition) is 2. The Morgan fingerprint density at radius 2 is 1.92 bits per heavy atom. The van der Waals surface area contributed by atoms with Crippen molar-refractivity contribution in [2.75, 3.05) is 7.05 Å². The molecule has 0 aliphatic carbocycles. The summed E-state index contributed by atoms with van der Waals surface area (Å²) in [6.07, 6.45) is 0. The topological polar surface area (TPSA) is 84.6 Å². The quantitative estimate of drug-likeness (QED) is 0.603. The first-order valence-corrected chi connectivity index (χ1v) is 8.10. The minimum atomic E-state index is -2.87. The molecule has 1 aromatic heterocycles. The summed E-state index contributed by atoms with van der Waals surface area (Å²) >= 11 is 0. The fraction of sp³-hybridized carbons (Fsp3) is 0.471. The van der Waals surface area contributed by atoms with E-state index in [4.69, 9.17) is 4.52 Å².